The lowest BCUT2D eigenvalue weighted by molar-refractivity contribution is -0.0482. The summed E-state index contributed by atoms with van der Waals surface area (Å²) in [6.07, 6.45) is 0. The predicted octanol–water partition coefficient (Wildman–Crippen LogP) is 2.03. The van der Waals surface area contributed by atoms with E-state index in [1.54, 1.807) is 0 Å². The zero-order chi connectivity index (χ0) is 18.9. The Bertz CT molecular complexity index is 659. The SMILES string of the molecule is CC(C)NC(=O)N1CCN2C(C1)CN(C(=O)c1ccccc1)CC2(C)C. The summed E-state index contributed by atoms with van der Waals surface area (Å²) in [5.74, 6) is 0.0714. The highest BCUT2D eigenvalue weighted by molar-refractivity contribution is 5.94. The van der Waals surface area contributed by atoms with Crippen molar-refractivity contribution in [2.24, 2.45) is 0 Å². The van der Waals surface area contributed by atoms with Gasteiger partial charge in [-0.2, -0.15) is 0 Å². The van der Waals surface area contributed by atoms with Crippen molar-refractivity contribution in [1.82, 2.24) is 20.0 Å². The van der Waals surface area contributed by atoms with Crippen LogP contribution in [0, 0.1) is 0 Å². The third-order valence-corrected chi connectivity index (χ3v) is 5.28. The number of rotatable bonds is 2. The molecule has 0 saturated carbocycles. The van der Waals surface area contributed by atoms with Gasteiger partial charge in [-0.05, 0) is 39.8 Å². The normalized spacial score (nSPS) is 22.9. The second kappa shape index (κ2) is 7.27. The Morgan fingerprint density at radius 1 is 1.08 bits per heavy atom. The molecule has 26 heavy (non-hydrogen) atoms. The van der Waals surface area contributed by atoms with E-state index >= 15 is 0 Å². The Labute approximate surface area is 156 Å². The third kappa shape index (κ3) is 3.85. The van der Waals surface area contributed by atoms with Crippen LogP contribution in [0.4, 0.5) is 4.79 Å². The molecule has 3 rings (SSSR count). The van der Waals surface area contributed by atoms with Crippen molar-refractivity contribution in [2.45, 2.75) is 45.3 Å². The summed E-state index contributed by atoms with van der Waals surface area (Å²) in [6, 6.07) is 9.72. The Morgan fingerprint density at radius 2 is 1.73 bits per heavy atom. The number of urea groups is 1. The maximum absolute atomic E-state index is 12.9. The molecule has 1 aromatic carbocycles. The van der Waals surface area contributed by atoms with Crippen molar-refractivity contribution in [3.8, 4) is 0 Å². The van der Waals surface area contributed by atoms with Crippen molar-refractivity contribution in [1.29, 1.82) is 0 Å². The number of nitrogens with one attached hydrogen (secondary N) is 1. The number of fused-ring (bicyclic) bond motifs is 1. The quantitative estimate of drug-likeness (QED) is 0.880. The lowest BCUT2D eigenvalue weighted by Crippen LogP contribution is -2.71. The number of nitrogens with zero attached hydrogens (tertiary/aromatic N) is 3. The van der Waals surface area contributed by atoms with Crippen molar-refractivity contribution in [2.75, 3.05) is 32.7 Å². The molecule has 2 heterocycles. The van der Waals surface area contributed by atoms with E-state index in [2.05, 4.69) is 24.1 Å². The highest BCUT2D eigenvalue weighted by Crippen LogP contribution is 2.29. The average molecular weight is 358 g/mol. The van der Waals surface area contributed by atoms with E-state index in [0.717, 1.165) is 18.7 Å². The summed E-state index contributed by atoms with van der Waals surface area (Å²) in [7, 11) is 0. The molecule has 1 N–H and O–H groups in total. The van der Waals surface area contributed by atoms with Crippen LogP contribution in [0.15, 0.2) is 30.3 Å². The maximum Gasteiger partial charge on any atom is 0.317 e. The zero-order valence-electron chi connectivity index (χ0n) is 16.2. The molecule has 2 aliphatic rings. The number of piperazine rings is 2. The van der Waals surface area contributed by atoms with E-state index in [9.17, 15) is 9.59 Å². The molecule has 1 aromatic rings. The predicted molar refractivity (Wildman–Crippen MR) is 102 cm³/mol. The second-order valence-corrected chi connectivity index (χ2v) is 8.26. The van der Waals surface area contributed by atoms with E-state index in [1.807, 2.05) is 54.0 Å². The van der Waals surface area contributed by atoms with Gasteiger partial charge in [-0.25, -0.2) is 4.79 Å². The van der Waals surface area contributed by atoms with E-state index in [1.165, 1.54) is 0 Å². The maximum atomic E-state index is 12.9. The monoisotopic (exact) mass is 358 g/mol. The second-order valence-electron chi connectivity index (χ2n) is 8.26. The lowest BCUT2D eigenvalue weighted by Gasteiger charge is -2.55. The molecule has 1 atom stereocenters. The van der Waals surface area contributed by atoms with Crippen LogP contribution in [0.1, 0.15) is 38.1 Å². The van der Waals surface area contributed by atoms with Gasteiger partial charge >= 0.3 is 6.03 Å². The summed E-state index contributed by atoms with van der Waals surface area (Å²) in [5.41, 5.74) is 0.621. The van der Waals surface area contributed by atoms with E-state index in [4.69, 9.17) is 0 Å². The number of benzene rings is 1. The summed E-state index contributed by atoms with van der Waals surface area (Å²) < 4.78 is 0. The Morgan fingerprint density at radius 3 is 2.38 bits per heavy atom. The third-order valence-electron chi connectivity index (χ3n) is 5.28. The first-order chi connectivity index (χ1) is 12.3. The number of hydrogen-bond donors (Lipinski definition) is 1. The lowest BCUT2D eigenvalue weighted by atomic mass is 9.92. The van der Waals surface area contributed by atoms with Crippen molar-refractivity contribution in [3.05, 3.63) is 35.9 Å². The van der Waals surface area contributed by atoms with Gasteiger partial charge in [0.05, 0.1) is 0 Å². The first-order valence-electron chi connectivity index (χ1n) is 9.44. The number of amides is 3. The fourth-order valence-electron chi connectivity index (χ4n) is 4.13. The molecular weight excluding hydrogens is 328 g/mol. The molecule has 142 valence electrons. The van der Waals surface area contributed by atoms with Crippen molar-refractivity contribution < 1.29 is 9.59 Å². The Hall–Kier alpha value is -2.08. The van der Waals surface area contributed by atoms with E-state index < -0.39 is 0 Å². The van der Waals surface area contributed by atoms with Crippen LogP contribution in [0.2, 0.25) is 0 Å². The van der Waals surface area contributed by atoms with Crippen LogP contribution in [-0.2, 0) is 0 Å². The molecular formula is C20H30N4O2. The molecule has 1 unspecified atom stereocenters. The highest BCUT2D eigenvalue weighted by Gasteiger charge is 2.44. The summed E-state index contributed by atoms with van der Waals surface area (Å²) >= 11 is 0. The smallest absolute Gasteiger partial charge is 0.317 e. The van der Waals surface area contributed by atoms with Crippen LogP contribution >= 0.6 is 0 Å². The molecule has 0 aromatic heterocycles. The minimum absolute atomic E-state index is 0.0102. The molecule has 2 fully saturated rings. The summed E-state index contributed by atoms with van der Waals surface area (Å²) in [5, 5.41) is 2.98. The van der Waals surface area contributed by atoms with Gasteiger partial charge in [0.15, 0.2) is 0 Å². The Balaban J connectivity index is 1.74. The summed E-state index contributed by atoms with van der Waals surface area (Å²) in [6.45, 7) is 11.9. The Kier molecular flexibility index (Phi) is 5.23. The van der Waals surface area contributed by atoms with Gasteiger partial charge in [-0.1, -0.05) is 18.2 Å². The van der Waals surface area contributed by atoms with Gasteiger partial charge in [0.25, 0.3) is 5.91 Å². The number of hydrogen-bond acceptors (Lipinski definition) is 3. The van der Waals surface area contributed by atoms with Crippen LogP contribution in [0.25, 0.3) is 0 Å². The average Bonchev–Trinajstić information content (AvgIpc) is 2.60. The van der Waals surface area contributed by atoms with Crippen LogP contribution in [0.5, 0.6) is 0 Å². The molecule has 0 bridgehead atoms. The fourth-order valence-corrected chi connectivity index (χ4v) is 4.13. The molecule has 0 radical (unpaired) electrons. The van der Waals surface area contributed by atoms with Crippen LogP contribution in [0.3, 0.4) is 0 Å². The molecule has 0 spiro atoms. The van der Waals surface area contributed by atoms with Crippen molar-refractivity contribution >= 4 is 11.9 Å². The van der Waals surface area contributed by atoms with Gasteiger partial charge in [0.2, 0.25) is 0 Å². The highest BCUT2D eigenvalue weighted by atomic mass is 16.2. The minimum Gasteiger partial charge on any atom is -0.336 e. The number of carbonyl (C=O) groups is 2. The fraction of sp³-hybridized carbons (Fsp3) is 0.600. The zero-order valence-corrected chi connectivity index (χ0v) is 16.2. The molecule has 6 heteroatoms. The first-order valence-corrected chi connectivity index (χ1v) is 9.44. The molecule has 6 nitrogen and oxygen atoms in total. The van der Waals surface area contributed by atoms with E-state index in [0.29, 0.717) is 19.6 Å². The molecule has 3 amide bonds. The molecule has 2 saturated heterocycles. The molecule has 0 aliphatic carbocycles. The number of carbonyl (C=O) groups excluding carboxylic acids is 2. The van der Waals surface area contributed by atoms with Gasteiger partial charge in [0.1, 0.15) is 0 Å². The summed E-state index contributed by atoms with van der Waals surface area (Å²) in [4.78, 5) is 31.6. The molecule has 2 aliphatic heterocycles. The minimum atomic E-state index is -0.103. The van der Waals surface area contributed by atoms with Gasteiger partial charge in [-0.15, -0.1) is 0 Å². The standard InChI is InChI=1S/C20H30N4O2/c1-15(2)21-19(26)22-10-11-24-17(12-22)13-23(14-20(24,3)4)18(25)16-8-6-5-7-9-16/h5-9,15,17H,10-14H2,1-4H3,(H,21,26). The first kappa shape index (κ1) is 18.7. The topological polar surface area (TPSA) is 55.9 Å². The van der Waals surface area contributed by atoms with Crippen LogP contribution in [-0.4, -0.2) is 77.0 Å². The van der Waals surface area contributed by atoms with Gasteiger partial charge in [-0.3, -0.25) is 9.69 Å². The van der Waals surface area contributed by atoms with Gasteiger partial charge in [0, 0.05) is 55.9 Å². The van der Waals surface area contributed by atoms with Gasteiger partial charge < -0.3 is 15.1 Å². The van der Waals surface area contributed by atoms with Crippen LogP contribution < -0.4 is 5.32 Å². The van der Waals surface area contributed by atoms with E-state index in [-0.39, 0.29) is 29.6 Å². The largest absolute Gasteiger partial charge is 0.336 e. The van der Waals surface area contributed by atoms with Crippen molar-refractivity contribution in [3.63, 3.8) is 0 Å².